The lowest BCUT2D eigenvalue weighted by molar-refractivity contribution is -0.0505. The van der Waals surface area contributed by atoms with E-state index in [-0.39, 0.29) is 11.8 Å². The molecule has 0 aliphatic rings. The highest BCUT2D eigenvalue weighted by atomic mass is 32.2. The van der Waals surface area contributed by atoms with Gasteiger partial charge in [0.1, 0.15) is 5.75 Å². The van der Waals surface area contributed by atoms with Gasteiger partial charge >= 0.3 is 6.61 Å². The molecule has 1 N–H and O–H groups in total. The van der Waals surface area contributed by atoms with Crippen molar-refractivity contribution in [2.24, 2.45) is 0 Å². The van der Waals surface area contributed by atoms with Crippen LogP contribution in [-0.4, -0.2) is 12.9 Å². The minimum Gasteiger partial charge on any atom is -0.434 e. The van der Waals surface area contributed by atoms with Crippen molar-refractivity contribution >= 4 is 17.4 Å². The fourth-order valence-electron chi connectivity index (χ4n) is 2.06. The van der Waals surface area contributed by atoms with Crippen LogP contribution in [0.1, 0.15) is 18.5 Å². The van der Waals surface area contributed by atoms with Gasteiger partial charge in [-0.05, 0) is 43.5 Å². The molecule has 0 bridgehead atoms. The van der Waals surface area contributed by atoms with Gasteiger partial charge in [-0.3, -0.25) is 0 Å². The number of thioether (sulfide) groups is 1. The highest BCUT2D eigenvalue weighted by Crippen LogP contribution is 2.29. The van der Waals surface area contributed by atoms with E-state index in [9.17, 15) is 8.78 Å². The Morgan fingerprint density at radius 2 is 1.71 bits per heavy atom. The number of rotatable bonds is 6. The second kappa shape index (κ2) is 7.31. The van der Waals surface area contributed by atoms with E-state index in [1.165, 1.54) is 4.90 Å². The van der Waals surface area contributed by atoms with Crippen molar-refractivity contribution < 1.29 is 13.5 Å². The Hall–Kier alpha value is -1.75. The quantitative estimate of drug-likeness (QED) is 0.743. The zero-order chi connectivity index (χ0) is 15.2. The van der Waals surface area contributed by atoms with Gasteiger partial charge in [0.2, 0.25) is 0 Å². The van der Waals surface area contributed by atoms with Gasteiger partial charge in [0.15, 0.2) is 0 Å². The number of hydrogen-bond donors (Lipinski definition) is 1. The van der Waals surface area contributed by atoms with Gasteiger partial charge in [-0.25, -0.2) is 0 Å². The van der Waals surface area contributed by atoms with E-state index in [0.717, 1.165) is 5.69 Å². The number of halogens is 2. The number of benzene rings is 2. The van der Waals surface area contributed by atoms with Crippen LogP contribution in [0.4, 0.5) is 14.5 Å². The number of anilines is 1. The topological polar surface area (TPSA) is 21.3 Å². The van der Waals surface area contributed by atoms with E-state index in [1.54, 1.807) is 30.0 Å². The predicted octanol–water partition coefficient (Wildman–Crippen LogP) is 5.18. The Balaban J connectivity index is 2.13. The van der Waals surface area contributed by atoms with E-state index in [0.29, 0.717) is 5.56 Å². The highest BCUT2D eigenvalue weighted by molar-refractivity contribution is 7.98. The summed E-state index contributed by atoms with van der Waals surface area (Å²) in [6, 6.07) is 14.7. The molecule has 2 aromatic rings. The average molecular weight is 309 g/mol. The molecule has 0 fully saturated rings. The zero-order valence-electron chi connectivity index (χ0n) is 11.8. The molecule has 21 heavy (non-hydrogen) atoms. The first-order chi connectivity index (χ1) is 10.1. The molecule has 0 aromatic heterocycles. The van der Waals surface area contributed by atoms with Crippen molar-refractivity contribution in [2.75, 3.05) is 11.6 Å². The zero-order valence-corrected chi connectivity index (χ0v) is 12.7. The van der Waals surface area contributed by atoms with E-state index in [4.69, 9.17) is 0 Å². The number of nitrogens with one attached hydrogen (secondary N) is 1. The monoisotopic (exact) mass is 309 g/mol. The van der Waals surface area contributed by atoms with Crippen LogP contribution >= 0.6 is 11.8 Å². The molecule has 0 aliphatic carbocycles. The van der Waals surface area contributed by atoms with E-state index >= 15 is 0 Å². The van der Waals surface area contributed by atoms with Crippen molar-refractivity contribution in [3.8, 4) is 5.75 Å². The van der Waals surface area contributed by atoms with Crippen molar-refractivity contribution in [1.29, 1.82) is 0 Å². The van der Waals surface area contributed by atoms with Gasteiger partial charge in [-0.15, -0.1) is 11.8 Å². The summed E-state index contributed by atoms with van der Waals surface area (Å²) in [5.74, 6) is 0.202. The normalized spacial score (nSPS) is 12.2. The molecule has 112 valence electrons. The third-order valence-electron chi connectivity index (χ3n) is 3.07. The Morgan fingerprint density at radius 3 is 2.33 bits per heavy atom. The van der Waals surface area contributed by atoms with Crippen molar-refractivity contribution in [1.82, 2.24) is 0 Å². The molecule has 0 amide bonds. The van der Waals surface area contributed by atoms with Crippen molar-refractivity contribution in [2.45, 2.75) is 24.5 Å². The molecule has 1 atom stereocenters. The van der Waals surface area contributed by atoms with Gasteiger partial charge in [0, 0.05) is 16.1 Å². The number of ether oxygens (including phenoxy) is 1. The minimum absolute atomic E-state index is 0.139. The molecule has 0 radical (unpaired) electrons. The summed E-state index contributed by atoms with van der Waals surface area (Å²) in [5.41, 5.74) is 1.64. The molecule has 5 heteroatoms. The summed E-state index contributed by atoms with van der Waals surface area (Å²) in [7, 11) is 0. The van der Waals surface area contributed by atoms with Crippen LogP contribution in [0.25, 0.3) is 0 Å². The molecule has 0 saturated heterocycles. The molecule has 1 unspecified atom stereocenters. The Labute approximate surface area is 127 Å². The van der Waals surface area contributed by atoms with Gasteiger partial charge in [-0.2, -0.15) is 8.78 Å². The largest absolute Gasteiger partial charge is 0.434 e. The van der Waals surface area contributed by atoms with Crippen molar-refractivity contribution in [3.63, 3.8) is 0 Å². The first-order valence-electron chi connectivity index (χ1n) is 6.54. The summed E-state index contributed by atoms with van der Waals surface area (Å²) in [6.45, 7) is -0.907. The maximum atomic E-state index is 12.4. The first kappa shape index (κ1) is 15.6. The van der Waals surface area contributed by atoms with Crippen LogP contribution in [0.2, 0.25) is 0 Å². The van der Waals surface area contributed by atoms with Crippen LogP contribution in [0.15, 0.2) is 53.4 Å². The number of para-hydroxylation sites is 1. The standard InChI is InChI=1S/C16H17F2NOS/c1-11(19-12-7-9-13(21-2)10-8-12)14-5-3-4-6-15(14)20-16(17)18/h3-11,16,19H,1-2H3. The van der Waals surface area contributed by atoms with Crippen LogP contribution in [-0.2, 0) is 0 Å². The number of alkyl halides is 2. The summed E-state index contributed by atoms with van der Waals surface area (Å²) in [4.78, 5) is 1.18. The minimum atomic E-state index is -2.82. The molecular formula is C16H17F2NOS. The van der Waals surface area contributed by atoms with E-state index < -0.39 is 6.61 Å². The summed E-state index contributed by atoms with van der Waals surface area (Å²) < 4.78 is 29.4. The molecule has 2 aromatic carbocycles. The molecule has 0 aliphatic heterocycles. The molecular weight excluding hydrogens is 292 g/mol. The fraction of sp³-hybridized carbons (Fsp3) is 0.250. The molecule has 0 spiro atoms. The van der Waals surface area contributed by atoms with E-state index in [2.05, 4.69) is 10.1 Å². The smallest absolute Gasteiger partial charge is 0.387 e. The summed E-state index contributed by atoms with van der Waals surface area (Å²) in [6.07, 6.45) is 2.02. The lowest BCUT2D eigenvalue weighted by Crippen LogP contribution is -2.11. The molecule has 2 rings (SSSR count). The van der Waals surface area contributed by atoms with Crippen LogP contribution in [0.5, 0.6) is 5.75 Å². The molecule has 2 nitrogen and oxygen atoms in total. The third kappa shape index (κ3) is 4.36. The average Bonchev–Trinajstić information content (AvgIpc) is 2.48. The van der Waals surface area contributed by atoms with Crippen LogP contribution in [0, 0.1) is 0 Å². The molecule has 0 saturated carbocycles. The molecule has 0 heterocycles. The first-order valence-corrected chi connectivity index (χ1v) is 7.77. The Bertz CT molecular complexity index is 575. The van der Waals surface area contributed by atoms with Gasteiger partial charge in [0.05, 0.1) is 6.04 Å². The maximum absolute atomic E-state index is 12.4. The fourth-order valence-corrected chi connectivity index (χ4v) is 2.46. The predicted molar refractivity (Wildman–Crippen MR) is 83.3 cm³/mol. The van der Waals surface area contributed by atoms with E-state index in [1.807, 2.05) is 43.5 Å². The lowest BCUT2D eigenvalue weighted by atomic mass is 10.1. The highest BCUT2D eigenvalue weighted by Gasteiger charge is 2.14. The SMILES string of the molecule is CSc1ccc(NC(C)c2ccccc2OC(F)F)cc1. The second-order valence-electron chi connectivity index (χ2n) is 4.51. The third-order valence-corrected chi connectivity index (χ3v) is 3.82. The second-order valence-corrected chi connectivity index (χ2v) is 5.39. The van der Waals surface area contributed by atoms with Gasteiger partial charge in [-0.1, -0.05) is 18.2 Å². The Morgan fingerprint density at radius 1 is 1.05 bits per heavy atom. The van der Waals surface area contributed by atoms with Crippen molar-refractivity contribution in [3.05, 3.63) is 54.1 Å². The summed E-state index contributed by atoms with van der Waals surface area (Å²) >= 11 is 1.67. The maximum Gasteiger partial charge on any atom is 0.387 e. The lowest BCUT2D eigenvalue weighted by Gasteiger charge is -2.19. The number of hydrogen-bond acceptors (Lipinski definition) is 3. The summed E-state index contributed by atoms with van der Waals surface area (Å²) in [5, 5.41) is 3.29. The van der Waals surface area contributed by atoms with Gasteiger partial charge < -0.3 is 10.1 Å². The Kier molecular flexibility index (Phi) is 5.44. The van der Waals surface area contributed by atoms with Crippen LogP contribution in [0.3, 0.4) is 0 Å². The van der Waals surface area contributed by atoms with Crippen LogP contribution < -0.4 is 10.1 Å². The van der Waals surface area contributed by atoms with Gasteiger partial charge in [0.25, 0.3) is 0 Å².